The van der Waals surface area contributed by atoms with Crippen LogP contribution in [0.25, 0.3) is 0 Å². The van der Waals surface area contributed by atoms with Crippen LogP contribution in [0.15, 0.2) is 23.1 Å². The van der Waals surface area contributed by atoms with E-state index in [1.165, 1.54) is 17.8 Å². The van der Waals surface area contributed by atoms with Gasteiger partial charge in [0.15, 0.2) is 11.6 Å². The fourth-order valence-electron chi connectivity index (χ4n) is 2.02. The number of thioether (sulfide) groups is 1. The van der Waals surface area contributed by atoms with E-state index in [0.717, 1.165) is 42.4 Å². The molecule has 0 saturated heterocycles. The Morgan fingerprint density at radius 1 is 1.40 bits per heavy atom. The highest BCUT2D eigenvalue weighted by Gasteiger charge is 2.31. The van der Waals surface area contributed by atoms with Gasteiger partial charge in [-0.1, -0.05) is 0 Å². The van der Waals surface area contributed by atoms with Crippen LogP contribution in [0, 0.1) is 23.0 Å². The summed E-state index contributed by atoms with van der Waals surface area (Å²) in [6.07, 6.45) is 3.92. The van der Waals surface area contributed by atoms with E-state index in [2.05, 4.69) is 11.4 Å². The van der Waals surface area contributed by atoms with Gasteiger partial charge in [0.05, 0.1) is 6.07 Å². The third-order valence-corrected chi connectivity index (χ3v) is 4.41. The first-order chi connectivity index (χ1) is 9.52. The smallest absolute Gasteiger partial charge is 0.159 e. The zero-order chi connectivity index (χ0) is 14.6. The van der Waals surface area contributed by atoms with Crippen molar-refractivity contribution in [3.63, 3.8) is 0 Å². The van der Waals surface area contributed by atoms with Crippen LogP contribution < -0.4 is 5.32 Å². The molecular formula is C15H18F2N2S. The standard InChI is InChI=1S/C15H18F2N2S/c1-15(10-18,19-11-3-4-11)7-2-8-20-12-5-6-13(16)14(17)9-12/h5-6,9,11,19H,2-4,7-8H2,1H3. The molecule has 2 rings (SSSR count). The van der Waals surface area contributed by atoms with Crippen molar-refractivity contribution in [2.24, 2.45) is 0 Å². The number of benzene rings is 1. The minimum atomic E-state index is -0.819. The van der Waals surface area contributed by atoms with Gasteiger partial charge in [0, 0.05) is 10.9 Å². The second-order valence-corrected chi connectivity index (χ2v) is 6.56. The second kappa shape index (κ2) is 6.55. The summed E-state index contributed by atoms with van der Waals surface area (Å²) in [5, 5.41) is 12.6. The molecule has 20 heavy (non-hydrogen) atoms. The van der Waals surface area contributed by atoms with Crippen LogP contribution in [-0.2, 0) is 0 Å². The summed E-state index contributed by atoms with van der Waals surface area (Å²) in [5.74, 6) is -0.846. The fraction of sp³-hybridized carbons (Fsp3) is 0.533. The van der Waals surface area contributed by atoms with Crippen LogP contribution in [0.4, 0.5) is 8.78 Å². The van der Waals surface area contributed by atoms with Gasteiger partial charge in [0.2, 0.25) is 0 Å². The molecular weight excluding hydrogens is 278 g/mol. The second-order valence-electron chi connectivity index (χ2n) is 5.39. The lowest BCUT2D eigenvalue weighted by Crippen LogP contribution is -2.42. The van der Waals surface area contributed by atoms with Crippen molar-refractivity contribution in [2.75, 3.05) is 5.75 Å². The molecule has 108 valence electrons. The van der Waals surface area contributed by atoms with Crippen LogP contribution in [0.3, 0.4) is 0 Å². The SMILES string of the molecule is CC(C#N)(CCCSc1ccc(F)c(F)c1)NC1CC1. The molecule has 1 aliphatic rings. The van der Waals surface area contributed by atoms with E-state index in [0.29, 0.717) is 6.04 Å². The third-order valence-electron chi connectivity index (χ3n) is 3.33. The molecule has 1 aromatic carbocycles. The van der Waals surface area contributed by atoms with Gasteiger partial charge in [-0.3, -0.25) is 5.32 Å². The molecule has 1 aliphatic carbocycles. The van der Waals surface area contributed by atoms with Gasteiger partial charge in [-0.2, -0.15) is 5.26 Å². The maximum Gasteiger partial charge on any atom is 0.159 e. The highest BCUT2D eigenvalue weighted by Crippen LogP contribution is 2.26. The van der Waals surface area contributed by atoms with Gasteiger partial charge >= 0.3 is 0 Å². The Balaban J connectivity index is 1.74. The van der Waals surface area contributed by atoms with Gasteiger partial charge in [-0.05, 0) is 56.6 Å². The van der Waals surface area contributed by atoms with Crippen molar-refractivity contribution < 1.29 is 8.78 Å². The summed E-state index contributed by atoms with van der Waals surface area (Å²) in [5.41, 5.74) is -0.476. The Morgan fingerprint density at radius 3 is 2.75 bits per heavy atom. The summed E-state index contributed by atoms with van der Waals surface area (Å²) in [7, 11) is 0. The summed E-state index contributed by atoms with van der Waals surface area (Å²) in [6, 6.07) is 6.77. The van der Waals surface area contributed by atoms with E-state index in [4.69, 9.17) is 0 Å². The molecule has 1 unspecified atom stereocenters. The topological polar surface area (TPSA) is 35.8 Å². The average molecular weight is 296 g/mol. The minimum Gasteiger partial charge on any atom is -0.297 e. The van der Waals surface area contributed by atoms with E-state index < -0.39 is 17.2 Å². The summed E-state index contributed by atoms with van der Waals surface area (Å²) < 4.78 is 25.8. The molecule has 5 heteroatoms. The number of hydrogen-bond donors (Lipinski definition) is 1. The van der Waals surface area contributed by atoms with Crippen LogP contribution in [0.5, 0.6) is 0 Å². The Morgan fingerprint density at radius 2 is 2.15 bits per heavy atom. The van der Waals surface area contributed by atoms with Gasteiger partial charge in [-0.15, -0.1) is 11.8 Å². The molecule has 0 spiro atoms. The van der Waals surface area contributed by atoms with E-state index >= 15 is 0 Å². The molecule has 1 aromatic rings. The summed E-state index contributed by atoms with van der Waals surface area (Å²) in [6.45, 7) is 1.92. The van der Waals surface area contributed by atoms with Crippen molar-refractivity contribution in [1.29, 1.82) is 5.26 Å². The Kier molecular flexibility index (Phi) is 5.00. The minimum absolute atomic E-state index is 0.476. The van der Waals surface area contributed by atoms with E-state index in [1.807, 2.05) is 6.92 Å². The van der Waals surface area contributed by atoms with Gasteiger partial charge < -0.3 is 0 Å². The van der Waals surface area contributed by atoms with Crippen molar-refractivity contribution in [3.05, 3.63) is 29.8 Å². The zero-order valence-electron chi connectivity index (χ0n) is 11.5. The highest BCUT2D eigenvalue weighted by atomic mass is 32.2. The Hall–Kier alpha value is -1.12. The predicted octanol–water partition coefficient (Wildman–Crippen LogP) is 3.87. The maximum atomic E-state index is 13.0. The number of nitriles is 1. The van der Waals surface area contributed by atoms with E-state index in [-0.39, 0.29) is 0 Å². The fourth-order valence-corrected chi connectivity index (χ4v) is 2.90. The monoisotopic (exact) mass is 296 g/mol. The molecule has 1 atom stereocenters. The normalized spacial score (nSPS) is 17.5. The van der Waals surface area contributed by atoms with Crippen LogP contribution >= 0.6 is 11.8 Å². The molecule has 0 amide bonds. The zero-order valence-corrected chi connectivity index (χ0v) is 12.3. The van der Waals surface area contributed by atoms with Crippen LogP contribution in [0.1, 0.15) is 32.6 Å². The lowest BCUT2D eigenvalue weighted by atomic mass is 9.98. The summed E-state index contributed by atoms with van der Waals surface area (Å²) >= 11 is 1.49. The molecule has 2 nitrogen and oxygen atoms in total. The van der Waals surface area contributed by atoms with E-state index in [1.54, 1.807) is 6.07 Å². The first-order valence-electron chi connectivity index (χ1n) is 6.79. The summed E-state index contributed by atoms with van der Waals surface area (Å²) in [4.78, 5) is 0.720. The van der Waals surface area contributed by atoms with Crippen LogP contribution in [0.2, 0.25) is 0 Å². The number of halogens is 2. The molecule has 0 radical (unpaired) electrons. The Labute approximate surface area is 122 Å². The lowest BCUT2D eigenvalue weighted by molar-refractivity contribution is 0.412. The molecule has 1 saturated carbocycles. The van der Waals surface area contributed by atoms with Crippen molar-refractivity contribution >= 4 is 11.8 Å². The van der Waals surface area contributed by atoms with Gasteiger partial charge in [0.1, 0.15) is 5.54 Å². The average Bonchev–Trinajstić information content (AvgIpc) is 3.22. The first kappa shape index (κ1) is 15.3. The number of nitrogens with one attached hydrogen (secondary N) is 1. The lowest BCUT2D eigenvalue weighted by Gasteiger charge is -2.23. The molecule has 0 aliphatic heterocycles. The highest BCUT2D eigenvalue weighted by molar-refractivity contribution is 7.99. The predicted molar refractivity (Wildman–Crippen MR) is 76.5 cm³/mol. The first-order valence-corrected chi connectivity index (χ1v) is 7.78. The largest absolute Gasteiger partial charge is 0.297 e. The van der Waals surface area contributed by atoms with Gasteiger partial charge in [0.25, 0.3) is 0 Å². The third kappa shape index (κ3) is 4.46. The Bertz CT molecular complexity index is 511. The number of hydrogen-bond acceptors (Lipinski definition) is 3. The molecule has 0 bridgehead atoms. The molecule has 0 heterocycles. The van der Waals surface area contributed by atoms with Crippen molar-refractivity contribution in [3.8, 4) is 6.07 Å². The molecule has 1 fully saturated rings. The maximum absolute atomic E-state index is 13.0. The quantitative estimate of drug-likeness (QED) is 0.613. The van der Waals surface area contributed by atoms with Crippen molar-refractivity contribution in [2.45, 2.75) is 49.1 Å². The number of nitrogens with zero attached hydrogens (tertiary/aromatic N) is 1. The van der Waals surface area contributed by atoms with E-state index in [9.17, 15) is 14.0 Å². The van der Waals surface area contributed by atoms with Gasteiger partial charge in [-0.25, -0.2) is 8.78 Å². The van der Waals surface area contributed by atoms with Crippen LogP contribution in [-0.4, -0.2) is 17.3 Å². The molecule has 1 N–H and O–H groups in total. The van der Waals surface area contributed by atoms with Crippen molar-refractivity contribution in [1.82, 2.24) is 5.32 Å². The molecule has 0 aromatic heterocycles. The number of rotatable bonds is 7.